The zero-order chi connectivity index (χ0) is 14.0. The molecule has 108 valence electrons. The predicted molar refractivity (Wildman–Crippen MR) is 72.0 cm³/mol. The quantitative estimate of drug-likeness (QED) is 0.853. The maximum Gasteiger partial charge on any atom is 0.326 e. The van der Waals surface area contributed by atoms with Gasteiger partial charge in [0, 0.05) is 19.6 Å². The van der Waals surface area contributed by atoms with Crippen LogP contribution in [0.15, 0.2) is 0 Å². The third-order valence-corrected chi connectivity index (χ3v) is 4.99. The van der Waals surface area contributed by atoms with E-state index in [9.17, 15) is 9.59 Å². The first-order valence-electron chi connectivity index (χ1n) is 7.31. The van der Waals surface area contributed by atoms with Crippen molar-refractivity contribution in [1.82, 2.24) is 9.80 Å². The summed E-state index contributed by atoms with van der Waals surface area (Å²) in [4.78, 5) is 27.0. The second kappa shape index (κ2) is 5.39. The molecule has 1 N–H and O–H groups in total. The van der Waals surface area contributed by atoms with E-state index in [1.165, 1.54) is 0 Å². The van der Waals surface area contributed by atoms with Gasteiger partial charge in [-0.3, -0.25) is 0 Å². The van der Waals surface area contributed by atoms with Gasteiger partial charge >= 0.3 is 12.0 Å². The zero-order valence-electron chi connectivity index (χ0n) is 11.9. The molecule has 2 aliphatic rings. The normalized spacial score (nSPS) is 25.9. The number of urea groups is 1. The van der Waals surface area contributed by atoms with E-state index in [1.54, 1.807) is 4.90 Å². The van der Waals surface area contributed by atoms with E-state index < -0.39 is 12.0 Å². The predicted octanol–water partition coefficient (Wildman–Crippen LogP) is 2.17. The fourth-order valence-electron chi connectivity index (χ4n) is 3.36. The Kier molecular flexibility index (Phi) is 4.02. The highest BCUT2D eigenvalue weighted by atomic mass is 16.4. The molecule has 0 saturated carbocycles. The molecule has 2 rings (SSSR count). The molecule has 0 aliphatic carbocycles. The Bertz CT molecular complexity index is 366. The van der Waals surface area contributed by atoms with E-state index in [0.717, 1.165) is 38.8 Å². The number of amides is 2. The fraction of sp³-hybridized carbons (Fsp3) is 0.857. The van der Waals surface area contributed by atoms with Crippen LogP contribution < -0.4 is 0 Å². The van der Waals surface area contributed by atoms with Crippen LogP contribution in [0.5, 0.6) is 0 Å². The van der Waals surface area contributed by atoms with Crippen molar-refractivity contribution in [3.05, 3.63) is 0 Å². The van der Waals surface area contributed by atoms with Crippen LogP contribution in [0.1, 0.15) is 46.0 Å². The van der Waals surface area contributed by atoms with Gasteiger partial charge in [0.2, 0.25) is 0 Å². The Morgan fingerprint density at radius 1 is 1.26 bits per heavy atom. The minimum Gasteiger partial charge on any atom is -0.480 e. The first kappa shape index (κ1) is 14.2. The molecule has 0 unspecified atom stereocenters. The summed E-state index contributed by atoms with van der Waals surface area (Å²) in [5.41, 5.74) is 0.244. The Labute approximate surface area is 114 Å². The molecule has 0 aromatic carbocycles. The lowest BCUT2D eigenvalue weighted by Crippen LogP contribution is -2.47. The van der Waals surface area contributed by atoms with Crippen LogP contribution >= 0.6 is 0 Å². The number of hydrogen-bond donors (Lipinski definition) is 1. The molecule has 2 amide bonds. The summed E-state index contributed by atoms with van der Waals surface area (Å²) in [6, 6.07) is -0.695. The van der Waals surface area contributed by atoms with Gasteiger partial charge in [-0.05, 0) is 37.5 Å². The third kappa shape index (κ3) is 2.55. The second-order valence-electron chi connectivity index (χ2n) is 5.85. The van der Waals surface area contributed by atoms with Gasteiger partial charge in [0.15, 0.2) is 0 Å². The molecule has 0 spiro atoms. The Balaban J connectivity index is 2.03. The lowest BCUT2D eigenvalue weighted by atomic mass is 9.82. The van der Waals surface area contributed by atoms with Crippen LogP contribution in [0.25, 0.3) is 0 Å². The summed E-state index contributed by atoms with van der Waals surface area (Å²) in [7, 11) is 0. The smallest absolute Gasteiger partial charge is 0.326 e. The standard InChI is InChI=1S/C14H24N2O3/c1-3-14(4-2)7-9-15(10-14)13(19)16-8-5-6-11(16)12(17)18/h11H,3-10H2,1-2H3,(H,17,18)/t11-/m0/s1. The molecule has 2 heterocycles. The van der Waals surface area contributed by atoms with Crippen LogP contribution in [0.4, 0.5) is 4.79 Å². The molecule has 2 fully saturated rings. The molecular formula is C14H24N2O3. The van der Waals surface area contributed by atoms with Crippen LogP contribution in [-0.2, 0) is 4.79 Å². The number of rotatable bonds is 3. The molecular weight excluding hydrogens is 244 g/mol. The van der Waals surface area contributed by atoms with Crippen molar-refractivity contribution in [1.29, 1.82) is 0 Å². The number of carbonyl (C=O) groups excluding carboxylic acids is 1. The SMILES string of the molecule is CCC1(CC)CCN(C(=O)N2CCC[C@H]2C(=O)O)C1. The molecule has 5 heteroatoms. The number of aliphatic carboxylic acids is 1. The number of carboxylic acid groups (broad SMARTS) is 1. The van der Waals surface area contributed by atoms with Crippen molar-refractivity contribution in [2.75, 3.05) is 19.6 Å². The average molecular weight is 268 g/mol. The van der Waals surface area contributed by atoms with Gasteiger partial charge in [-0.15, -0.1) is 0 Å². The van der Waals surface area contributed by atoms with Crippen LogP contribution in [0, 0.1) is 5.41 Å². The molecule has 0 aromatic rings. The summed E-state index contributed by atoms with van der Waals surface area (Å²) in [5.74, 6) is -0.873. The average Bonchev–Trinajstić information content (AvgIpc) is 3.05. The monoisotopic (exact) mass is 268 g/mol. The van der Waals surface area contributed by atoms with Crippen molar-refractivity contribution in [2.45, 2.75) is 52.0 Å². The van der Waals surface area contributed by atoms with E-state index in [2.05, 4.69) is 13.8 Å². The van der Waals surface area contributed by atoms with Crippen LogP contribution in [0.3, 0.4) is 0 Å². The molecule has 2 saturated heterocycles. The van der Waals surface area contributed by atoms with Crippen LogP contribution in [0.2, 0.25) is 0 Å². The lowest BCUT2D eigenvalue weighted by Gasteiger charge is -2.30. The number of likely N-dealkylation sites (tertiary alicyclic amines) is 2. The minimum atomic E-state index is -0.873. The summed E-state index contributed by atoms with van der Waals surface area (Å²) in [5, 5.41) is 9.16. The lowest BCUT2D eigenvalue weighted by molar-refractivity contribution is -0.141. The Morgan fingerprint density at radius 3 is 2.47 bits per heavy atom. The topological polar surface area (TPSA) is 60.9 Å². The molecule has 0 bridgehead atoms. The number of carbonyl (C=O) groups is 2. The fourth-order valence-corrected chi connectivity index (χ4v) is 3.36. The van der Waals surface area contributed by atoms with Gasteiger partial charge in [-0.2, -0.15) is 0 Å². The summed E-state index contributed by atoms with van der Waals surface area (Å²) in [6.07, 6.45) is 4.58. The number of hydrogen-bond acceptors (Lipinski definition) is 2. The van der Waals surface area contributed by atoms with E-state index in [-0.39, 0.29) is 11.4 Å². The summed E-state index contributed by atoms with van der Waals surface area (Å²) in [6.45, 7) is 6.48. The summed E-state index contributed by atoms with van der Waals surface area (Å²) < 4.78 is 0. The van der Waals surface area contributed by atoms with Crippen molar-refractivity contribution < 1.29 is 14.7 Å². The molecule has 0 radical (unpaired) electrons. The molecule has 1 atom stereocenters. The highest BCUT2D eigenvalue weighted by Crippen LogP contribution is 2.37. The summed E-state index contributed by atoms with van der Waals surface area (Å²) >= 11 is 0. The van der Waals surface area contributed by atoms with Gasteiger partial charge in [-0.25, -0.2) is 9.59 Å². The van der Waals surface area contributed by atoms with Gasteiger partial charge < -0.3 is 14.9 Å². The first-order chi connectivity index (χ1) is 9.03. The zero-order valence-corrected chi connectivity index (χ0v) is 11.9. The maximum atomic E-state index is 12.5. The highest BCUT2D eigenvalue weighted by molar-refractivity contribution is 5.83. The van der Waals surface area contributed by atoms with Gasteiger partial charge in [-0.1, -0.05) is 13.8 Å². The van der Waals surface area contributed by atoms with Crippen molar-refractivity contribution in [3.8, 4) is 0 Å². The number of carboxylic acids is 1. The van der Waals surface area contributed by atoms with Gasteiger partial charge in [0.1, 0.15) is 6.04 Å². The largest absolute Gasteiger partial charge is 0.480 e. The Hall–Kier alpha value is -1.26. The van der Waals surface area contributed by atoms with Crippen molar-refractivity contribution in [2.24, 2.45) is 5.41 Å². The van der Waals surface area contributed by atoms with Crippen molar-refractivity contribution >= 4 is 12.0 Å². The van der Waals surface area contributed by atoms with Gasteiger partial charge in [0.05, 0.1) is 0 Å². The Morgan fingerprint density at radius 2 is 1.95 bits per heavy atom. The highest BCUT2D eigenvalue weighted by Gasteiger charge is 2.42. The second-order valence-corrected chi connectivity index (χ2v) is 5.85. The minimum absolute atomic E-state index is 0.0753. The molecule has 19 heavy (non-hydrogen) atoms. The van der Waals surface area contributed by atoms with Crippen molar-refractivity contribution in [3.63, 3.8) is 0 Å². The maximum absolute atomic E-state index is 12.5. The van der Waals surface area contributed by atoms with E-state index in [0.29, 0.717) is 13.0 Å². The molecule has 5 nitrogen and oxygen atoms in total. The first-order valence-corrected chi connectivity index (χ1v) is 7.31. The molecule has 2 aliphatic heterocycles. The van der Waals surface area contributed by atoms with E-state index >= 15 is 0 Å². The van der Waals surface area contributed by atoms with Crippen LogP contribution in [-0.4, -0.2) is 52.6 Å². The van der Waals surface area contributed by atoms with Gasteiger partial charge in [0.25, 0.3) is 0 Å². The molecule has 0 aromatic heterocycles. The van der Waals surface area contributed by atoms with E-state index in [1.807, 2.05) is 4.90 Å². The third-order valence-electron chi connectivity index (χ3n) is 4.99. The van der Waals surface area contributed by atoms with E-state index in [4.69, 9.17) is 5.11 Å². The number of nitrogens with zero attached hydrogens (tertiary/aromatic N) is 2.